The molecule has 182 valence electrons. The zero-order valence-electron chi connectivity index (χ0n) is 19.0. The van der Waals surface area contributed by atoms with Gasteiger partial charge < -0.3 is 14.2 Å². The molecule has 0 spiro atoms. The van der Waals surface area contributed by atoms with Crippen LogP contribution in [0.2, 0.25) is 5.02 Å². The summed E-state index contributed by atoms with van der Waals surface area (Å²) in [6, 6.07) is 13.7. The zero-order valence-corrected chi connectivity index (χ0v) is 21.4. The highest BCUT2D eigenvalue weighted by atomic mass is 35.5. The molecule has 0 aliphatic carbocycles. The maximum Gasteiger partial charge on any atom is 0.292 e. The van der Waals surface area contributed by atoms with Crippen LogP contribution in [-0.2, 0) is 26.9 Å². The molecule has 1 aliphatic rings. The maximum atomic E-state index is 13.2. The number of rotatable bonds is 6. The molecule has 8 nitrogen and oxygen atoms in total. The fourth-order valence-electron chi connectivity index (χ4n) is 4.02. The molecule has 0 saturated carbocycles. The summed E-state index contributed by atoms with van der Waals surface area (Å²) >= 11 is 7.63. The van der Waals surface area contributed by atoms with E-state index in [1.165, 1.54) is 23.5 Å². The van der Waals surface area contributed by atoms with Crippen molar-refractivity contribution in [2.45, 2.75) is 24.1 Å². The van der Waals surface area contributed by atoms with E-state index < -0.39 is 21.1 Å². The number of benzene rings is 2. The summed E-state index contributed by atoms with van der Waals surface area (Å²) in [4.78, 5) is 24.3. The molecule has 0 N–H and O–H groups in total. The number of morpholine rings is 1. The van der Waals surface area contributed by atoms with Gasteiger partial charge >= 0.3 is 0 Å². The molecular weight excluding hydrogens is 508 g/mol. The van der Waals surface area contributed by atoms with E-state index in [0.717, 1.165) is 11.1 Å². The van der Waals surface area contributed by atoms with Gasteiger partial charge in [-0.05, 0) is 36.2 Å². The molecule has 1 aliphatic heterocycles. The number of hydrogen-bond donors (Lipinski definition) is 0. The van der Waals surface area contributed by atoms with Crippen molar-refractivity contribution in [3.63, 3.8) is 0 Å². The Morgan fingerprint density at radius 3 is 2.54 bits per heavy atom. The molecule has 3 heterocycles. The van der Waals surface area contributed by atoms with E-state index in [9.17, 15) is 13.2 Å². The first-order chi connectivity index (χ1) is 16.8. The van der Waals surface area contributed by atoms with E-state index in [-0.39, 0.29) is 17.3 Å². The minimum Gasteiger partial charge on any atom is -0.378 e. The number of nitrogens with zero attached hydrogens (tertiary/aromatic N) is 4. The number of fused-ring (bicyclic) bond motifs is 1. The largest absolute Gasteiger partial charge is 0.378 e. The van der Waals surface area contributed by atoms with Gasteiger partial charge in [-0.1, -0.05) is 53.3 Å². The van der Waals surface area contributed by atoms with E-state index in [0.29, 0.717) is 46.8 Å². The van der Waals surface area contributed by atoms with Crippen molar-refractivity contribution in [2.75, 3.05) is 31.2 Å². The van der Waals surface area contributed by atoms with Gasteiger partial charge in [0.15, 0.2) is 20.6 Å². The SMILES string of the molecule is Cc1c(Cl)cccc1Cn1c(CS(=O)(=O)c2ccccc2)nc(=O)c2sc(N3CCOCC3)nc21. The lowest BCUT2D eigenvalue weighted by atomic mass is 10.1. The first kappa shape index (κ1) is 23.9. The summed E-state index contributed by atoms with van der Waals surface area (Å²) in [6.07, 6.45) is 0. The van der Waals surface area contributed by atoms with Gasteiger partial charge in [-0.25, -0.2) is 13.4 Å². The molecule has 35 heavy (non-hydrogen) atoms. The summed E-state index contributed by atoms with van der Waals surface area (Å²) in [5.41, 5.74) is 1.72. The van der Waals surface area contributed by atoms with Crippen LogP contribution in [0, 0.1) is 6.92 Å². The Bertz CT molecular complexity index is 1550. The normalized spacial score (nSPS) is 14.5. The lowest BCUT2D eigenvalue weighted by Crippen LogP contribution is -2.36. The van der Waals surface area contributed by atoms with E-state index in [1.807, 2.05) is 19.1 Å². The second-order valence-electron chi connectivity index (χ2n) is 8.26. The Morgan fingerprint density at radius 1 is 1.06 bits per heavy atom. The minimum atomic E-state index is -3.75. The van der Waals surface area contributed by atoms with Gasteiger partial charge in [0.2, 0.25) is 0 Å². The summed E-state index contributed by atoms with van der Waals surface area (Å²) < 4.78 is 34.0. The lowest BCUT2D eigenvalue weighted by Gasteiger charge is -2.25. The number of hydrogen-bond acceptors (Lipinski definition) is 8. The highest BCUT2D eigenvalue weighted by molar-refractivity contribution is 7.90. The third kappa shape index (κ3) is 4.84. The van der Waals surface area contributed by atoms with Crippen molar-refractivity contribution in [2.24, 2.45) is 0 Å². The summed E-state index contributed by atoms with van der Waals surface area (Å²) in [7, 11) is -3.75. The van der Waals surface area contributed by atoms with Gasteiger partial charge in [-0.3, -0.25) is 4.79 Å². The van der Waals surface area contributed by atoms with E-state index in [4.69, 9.17) is 21.3 Å². The van der Waals surface area contributed by atoms with Crippen molar-refractivity contribution in [3.05, 3.63) is 80.9 Å². The van der Waals surface area contributed by atoms with Crippen molar-refractivity contribution >= 4 is 48.3 Å². The second-order valence-corrected chi connectivity index (χ2v) is 11.6. The predicted octanol–water partition coefficient (Wildman–Crippen LogP) is 3.67. The fraction of sp³-hybridized carbons (Fsp3) is 0.292. The molecule has 0 bridgehead atoms. The van der Waals surface area contributed by atoms with Gasteiger partial charge in [0.05, 0.1) is 24.7 Å². The Morgan fingerprint density at radius 2 is 1.80 bits per heavy atom. The van der Waals surface area contributed by atoms with Crippen molar-refractivity contribution in [1.29, 1.82) is 0 Å². The molecule has 2 aromatic heterocycles. The van der Waals surface area contributed by atoms with Crippen LogP contribution in [0.15, 0.2) is 58.2 Å². The predicted molar refractivity (Wildman–Crippen MR) is 137 cm³/mol. The summed E-state index contributed by atoms with van der Waals surface area (Å²) in [5, 5.41) is 1.31. The molecule has 0 unspecified atom stereocenters. The molecule has 4 aromatic rings. The smallest absolute Gasteiger partial charge is 0.292 e. The molecule has 11 heteroatoms. The van der Waals surface area contributed by atoms with Crippen LogP contribution >= 0.6 is 22.9 Å². The Kier molecular flexibility index (Phi) is 6.63. The lowest BCUT2D eigenvalue weighted by molar-refractivity contribution is 0.122. The van der Waals surface area contributed by atoms with Gasteiger partial charge in [0, 0.05) is 18.1 Å². The average molecular weight is 531 g/mol. The molecule has 5 rings (SSSR count). The van der Waals surface area contributed by atoms with E-state index in [1.54, 1.807) is 28.8 Å². The molecule has 0 radical (unpaired) electrons. The van der Waals surface area contributed by atoms with Gasteiger partial charge in [-0.2, -0.15) is 4.98 Å². The Hall–Kier alpha value is -2.79. The van der Waals surface area contributed by atoms with Gasteiger partial charge in [0.1, 0.15) is 16.3 Å². The highest BCUT2D eigenvalue weighted by Crippen LogP contribution is 2.29. The number of halogens is 1. The first-order valence-corrected chi connectivity index (χ1v) is 13.9. The maximum absolute atomic E-state index is 13.2. The molecule has 2 aromatic carbocycles. The van der Waals surface area contributed by atoms with Crippen LogP contribution in [0.1, 0.15) is 17.0 Å². The van der Waals surface area contributed by atoms with Gasteiger partial charge in [-0.15, -0.1) is 0 Å². The van der Waals surface area contributed by atoms with Crippen LogP contribution in [0.5, 0.6) is 0 Å². The molecule has 1 saturated heterocycles. The standard InChI is InChI=1S/C24H23ClN4O4S2/c1-16-17(6-5-9-19(16)25)14-29-20(15-35(31,32)18-7-3-2-4-8-18)26-23(30)21-22(29)27-24(34-21)28-10-12-33-13-11-28/h2-9H,10-15H2,1H3. The average Bonchev–Trinajstić information content (AvgIpc) is 3.31. The monoisotopic (exact) mass is 530 g/mol. The van der Waals surface area contributed by atoms with E-state index in [2.05, 4.69) is 9.88 Å². The van der Waals surface area contributed by atoms with Crippen molar-refractivity contribution in [1.82, 2.24) is 14.5 Å². The number of thiazole rings is 1. The molecule has 1 fully saturated rings. The summed E-state index contributed by atoms with van der Waals surface area (Å²) in [6.45, 7) is 4.70. The fourth-order valence-corrected chi connectivity index (χ4v) is 6.51. The third-order valence-electron chi connectivity index (χ3n) is 6.00. The van der Waals surface area contributed by atoms with Gasteiger partial charge in [0.25, 0.3) is 5.56 Å². The quantitative estimate of drug-likeness (QED) is 0.375. The zero-order chi connectivity index (χ0) is 24.6. The summed E-state index contributed by atoms with van der Waals surface area (Å²) in [5.74, 6) is -0.281. The minimum absolute atomic E-state index is 0.143. The number of anilines is 1. The number of ether oxygens (including phenoxy) is 1. The Balaban J connectivity index is 1.67. The second kappa shape index (κ2) is 9.69. The molecule has 0 amide bonds. The van der Waals surface area contributed by atoms with Crippen molar-refractivity contribution in [3.8, 4) is 0 Å². The topological polar surface area (TPSA) is 94.4 Å². The van der Waals surface area contributed by atoms with Crippen LogP contribution < -0.4 is 10.5 Å². The number of sulfone groups is 1. The van der Waals surface area contributed by atoms with Crippen molar-refractivity contribution < 1.29 is 13.2 Å². The van der Waals surface area contributed by atoms with Crippen LogP contribution in [0.4, 0.5) is 5.13 Å². The van der Waals surface area contributed by atoms with Crippen LogP contribution in [0.3, 0.4) is 0 Å². The first-order valence-electron chi connectivity index (χ1n) is 11.1. The molecule has 0 atom stereocenters. The third-order valence-corrected chi connectivity index (χ3v) is 9.13. The van der Waals surface area contributed by atoms with Crippen LogP contribution in [0.25, 0.3) is 10.3 Å². The number of aromatic nitrogens is 3. The van der Waals surface area contributed by atoms with E-state index >= 15 is 0 Å². The Labute approximate surface area is 211 Å². The van der Waals surface area contributed by atoms with Crippen LogP contribution in [-0.4, -0.2) is 49.3 Å². The molecular formula is C24H23ClN4O4S2. The highest BCUT2D eigenvalue weighted by Gasteiger charge is 2.24.